The van der Waals surface area contributed by atoms with Gasteiger partial charge in [0.25, 0.3) is 0 Å². The summed E-state index contributed by atoms with van der Waals surface area (Å²) in [6.07, 6.45) is 1.79. The predicted molar refractivity (Wildman–Crippen MR) is 49.5 cm³/mol. The lowest BCUT2D eigenvalue weighted by molar-refractivity contribution is -0.141. The molecule has 2 atom stereocenters. The van der Waals surface area contributed by atoms with Crippen molar-refractivity contribution in [3.63, 3.8) is 0 Å². The van der Waals surface area contributed by atoms with E-state index >= 15 is 0 Å². The summed E-state index contributed by atoms with van der Waals surface area (Å²) in [7, 11) is 0. The molecule has 0 aromatic rings. The van der Waals surface area contributed by atoms with Crippen molar-refractivity contribution in [2.75, 3.05) is 0 Å². The Kier molecular flexibility index (Phi) is 5.03. The fourth-order valence-corrected chi connectivity index (χ4v) is 0.963. The van der Waals surface area contributed by atoms with Gasteiger partial charge in [0.2, 0.25) is 0 Å². The van der Waals surface area contributed by atoms with Crippen molar-refractivity contribution in [1.29, 1.82) is 0 Å². The molecule has 0 amide bonds. The van der Waals surface area contributed by atoms with Gasteiger partial charge in [-0.15, -0.1) is 0 Å². The van der Waals surface area contributed by atoms with E-state index in [1.807, 2.05) is 0 Å². The van der Waals surface area contributed by atoms with E-state index in [0.29, 0.717) is 3.92 Å². The molecule has 1 N–H and O–H groups in total. The Morgan fingerprint density at radius 3 is 2.30 bits per heavy atom. The molecule has 0 bridgehead atoms. The topological polar surface area (TPSA) is 37.3 Å². The van der Waals surface area contributed by atoms with E-state index < -0.39 is 5.97 Å². The SMILES string of the molecule is CC(I)CCC(C)C(=O)O. The van der Waals surface area contributed by atoms with Crippen LogP contribution in [0.4, 0.5) is 0 Å². The van der Waals surface area contributed by atoms with E-state index in [4.69, 9.17) is 5.11 Å². The van der Waals surface area contributed by atoms with Crippen LogP contribution in [0.5, 0.6) is 0 Å². The van der Waals surface area contributed by atoms with Crippen LogP contribution < -0.4 is 0 Å². The molecule has 0 saturated heterocycles. The molecule has 0 radical (unpaired) electrons. The molecule has 0 aromatic carbocycles. The quantitative estimate of drug-likeness (QED) is 0.619. The number of carboxylic acids is 1. The zero-order chi connectivity index (χ0) is 8.15. The van der Waals surface area contributed by atoms with Crippen molar-refractivity contribution < 1.29 is 9.90 Å². The van der Waals surface area contributed by atoms with Crippen molar-refractivity contribution in [2.24, 2.45) is 5.92 Å². The number of rotatable bonds is 4. The first-order valence-corrected chi connectivity index (χ1v) is 4.65. The maximum absolute atomic E-state index is 10.3. The predicted octanol–water partition coefficient (Wildman–Crippen LogP) is 2.31. The van der Waals surface area contributed by atoms with Gasteiger partial charge in [-0.25, -0.2) is 0 Å². The van der Waals surface area contributed by atoms with E-state index in [2.05, 4.69) is 29.5 Å². The van der Waals surface area contributed by atoms with E-state index in [1.54, 1.807) is 6.92 Å². The summed E-state index contributed by atoms with van der Waals surface area (Å²) >= 11 is 2.31. The number of carbonyl (C=O) groups is 1. The first kappa shape index (κ1) is 10.2. The zero-order valence-corrected chi connectivity index (χ0v) is 8.46. The summed E-state index contributed by atoms with van der Waals surface area (Å²) in [5, 5.41) is 8.49. The summed E-state index contributed by atoms with van der Waals surface area (Å²) in [5.74, 6) is -0.866. The molecule has 3 heteroatoms. The van der Waals surface area contributed by atoms with Crippen LogP contribution >= 0.6 is 22.6 Å². The summed E-state index contributed by atoms with van der Waals surface area (Å²) in [4.78, 5) is 10.3. The van der Waals surface area contributed by atoms with Gasteiger partial charge in [0, 0.05) is 3.92 Å². The first-order chi connectivity index (χ1) is 4.54. The minimum Gasteiger partial charge on any atom is -0.481 e. The molecule has 60 valence electrons. The van der Waals surface area contributed by atoms with Crippen molar-refractivity contribution in [1.82, 2.24) is 0 Å². The molecular weight excluding hydrogens is 243 g/mol. The van der Waals surface area contributed by atoms with Gasteiger partial charge in [0.15, 0.2) is 0 Å². The number of aliphatic carboxylic acids is 1. The minimum absolute atomic E-state index is 0.183. The molecule has 0 spiro atoms. The van der Waals surface area contributed by atoms with Gasteiger partial charge in [-0.1, -0.05) is 36.4 Å². The van der Waals surface area contributed by atoms with Crippen molar-refractivity contribution in [2.45, 2.75) is 30.6 Å². The minimum atomic E-state index is -0.683. The molecule has 0 aliphatic heterocycles. The molecule has 0 saturated carbocycles. The first-order valence-electron chi connectivity index (χ1n) is 3.41. The van der Waals surface area contributed by atoms with Crippen molar-refractivity contribution in [3.8, 4) is 0 Å². The number of halogens is 1. The third kappa shape index (κ3) is 5.02. The fraction of sp³-hybridized carbons (Fsp3) is 0.857. The highest BCUT2D eigenvalue weighted by Crippen LogP contribution is 2.12. The van der Waals surface area contributed by atoms with Gasteiger partial charge in [-0.3, -0.25) is 4.79 Å². The summed E-state index contributed by atoms with van der Waals surface area (Å²) in [6.45, 7) is 3.84. The van der Waals surface area contributed by atoms with Gasteiger partial charge >= 0.3 is 5.97 Å². The number of hydrogen-bond donors (Lipinski definition) is 1. The third-order valence-electron chi connectivity index (χ3n) is 1.42. The Morgan fingerprint density at radius 2 is 2.00 bits per heavy atom. The van der Waals surface area contributed by atoms with E-state index in [-0.39, 0.29) is 5.92 Å². The second-order valence-electron chi connectivity index (χ2n) is 2.60. The van der Waals surface area contributed by atoms with Gasteiger partial charge in [0.05, 0.1) is 5.92 Å². The third-order valence-corrected chi connectivity index (χ3v) is 2.04. The average molecular weight is 256 g/mol. The Bertz CT molecular complexity index is 112. The van der Waals surface area contributed by atoms with Crippen LogP contribution in [0.1, 0.15) is 26.7 Å². The van der Waals surface area contributed by atoms with Crippen LogP contribution in [0.2, 0.25) is 0 Å². The van der Waals surface area contributed by atoms with E-state index in [0.717, 1.165) is 12.8 Å². The van der Waals surface area contributed by atoms with Crippen LogP contribution in [0.25, 0.3) is 0 Å². The summed E-state index contributed by atoms with van der Waals surface area (Å²) < 4.78 is 0.583. The lowest BCUT2D eigenvalue weighted by atomic mass is 10.1. The van der Waals surface area contributed by atoms with Gasteiger partial charge in [-0.2, -0.15) is 0 Å². The van der Waals surface area contributed by atoms with Crippen LogP contribution in [0, 0.1) is 5.92 Å². The second kappa shape index (κ2) is 4.93. The molecule has 0 aliphatic rings. The molecular formula is C7H13IO2. The van der Waals surface area contributed by atoms with Gasteiger partial charge in [0.1, 0.15) is 0 Å². The van der Waals surface area contributed by atoms with Gasteiger partial charge in [-0.05, 0) is 12.8 Å². The number of carboxylic acid groups (broad SMARTS) is 1. The monoisotopic (exact) mass is 256 g/mol. The molecule has 0 aromatic heterocycles. The molecule has 2 unspecified atom stereocenters. The summed E-state index contributed by atoms with van der Waals surface area (Å²) in [6, 6.07) is 0. The summed E-state index contributed by atoms with van der Waals surface area (Å²) in [5.41, 5.74) is 0. The molecule has 0 heterocycles. The van der Waals surface area contributed by atoms with Crippen LogP contribution in [-0.4, -0.2) is 15.0 Å². The molecule has 0 fully saturated rings. The van der Waals surface area contributed by atoms with Crippen LogP contribution in [-0.2, 0) is 4.79 Å². The van der Waals surface area contributed by atoms with Crippen LogP contribution in [0.3, 0.4) is 0 Å². The largest absolute Gasteiger partial charge is 0.481 e. The smallest absolute Gasteiger partial charge is 0.306 e. The van der Waals surface area contributed by atoms with Gasteiger partial charge < -0.3 is 5.11 Å². The molecule has 2 nitrogen and oxygen atoms in total. The van der Waals surface area contributed by atoms with Crippen LogP contribution in [0.15, 0.2) is 0 Å². The average Bonchev–Trinajstić information content (AvgIpc) is 1.82. The highest BCUT2D eigenvalue weighted by atomic mass is 127. The lowest BCUT2D eigenvalue weighted by Crippen LogP contribution is -2.10. The Balaban J connectivity index is 3.40. The number of alkyl halides is 1. The molecule has 0 rings (SSSR count). The van der Waals surface area contributed by atoms with E-state index in [1.165, 1.54) is 0 Å². The Hall–Kier alpha value is 0.200. The van der Waals surface area contributed by atoms with E-state index in [9.17, 15) is 4.79 Å². The second-order valence-corrected chi connectivity index (χ2v) is 4.72. The Morgan fingerprint density at radius 1 is 1.50 bits per heavy atom. The zero-order valence-electron chi connectivity index (χ0n) is 6.30. The Labute approximate surface area is 75.1 Å². The highest BCUT2D eigenvalue weighted by Gasteiger charge is 2.10. The standard InChI is InChI=1S/C7H13IO2/c1-5(7(9)10)3-4-6(2)8/h5-6H,3-4H2,1-2H3,(H,9,10). The normalized spacial score (nSPS) is 16.3. The maximum atomic E-state index is 10.3. The molecule has 0 aliphatic carbocycles. The highest BCUT2D eigenvalue weighted by molar-refractivity contribution is 14.1. The lowest BCUT2D eigenvalue weighted by Gasteiger charge is -2.06. The van der Waals surface area contributed by atoms with Crippen molar-refractivity contribution >= 4 is 28.6 Å². The fourth-order valence-electron chi connectivity index (χ4n) is 0.603. The number of hydrogen-bond acceptors (Lipinski definition) is 1. The molecule has 10 heavy (non-hydrogen) atoms. The van der Waals surface area contributed by atoms with Crippen molar-refractivity contribution in [3.05, 3.63) is 0 Å². The maximum Gasteiger partial charge on any atom is 0.306 e.